The Kier molecular flexibility index (Phi) is 5.52. The van der Waals surface area contributed by atoms with Gasteiger partial charge in [-0.2, -0.15) is 0 Å². The van der Waals surface area contributed by atoms with Crippen LogP contribution in [0.4, 0.5) is 0 Å². The summed E-state index contributed by atoms with van der Waals surface area (Å²) in [5.41, 5.74) is 3.98. The molecule has 1 amide bonds. The van der Waals surface area contributed by atoms with Gasteiger partial charge in [0.05, 0.1) is 23.6 Å². The molecule has 2 fully saturated rings. The zero-order chi connectivity index (χ0) is 20.3. The molecule has 5 rings (SSSR count). The summed E-state index contributed by atoms with van der Waals surface area (Å²) in [6, 6.07) is 11.0. The first-order chi connectivity index (χ1) is 14.8. The van der Waals surface area contributed by atoms with E-state index in [0.29, 0.717) is 12.1 Å². The SMILES string of the molecule is O=C(c1ccc(Cn2cnc3ccncc32)cc1)N(C1CCCCC1)C1CCCC1. The minimum absolute atomic E-state index is 0.234. The van der Waals surface area contributed by atoms with Crippen molar-refractivity contribution in [1.82, 2.24) is 19.4 Å². The number of benzene rings is 1. The molecule has 2 heterocycles. The number of rotatable bonds is 5. The zero-order valence-corrected chi connectivity index (χ0v) is 17.5. The molecule has 0 bridgehead atoms. The highest BCUT2D eigenvalue weighted by Gasteiger charge is 2.33. The van der Waals surface area contributed by atoms with Gasteiger partial charge in [-0.1, -0.05) is 44.2 Å². The summed E-state index contributed by atoms with van der Waals surface area (Å²) in [7, 11) is 0. The molecule has 5 nitrogen and oxygen atoms in total. The molecule has 3 aromatic rings. The van der Waals surface area contributed by atoms with Crippen LogP contribution >= 0.6 is 0 Å². The van der Waals surface area contributed by atoms with Crippen molar-refractivity contribution in [3.8, 4) is 0 Å². The number of hydrogen-bond acceptors (Lipinski definition) is 3. The van der Waals surface area contributed by atoms with Crippen molar-refractivity contribution in [1.29, 1.82) is 0 Å². The van der Waals surface area contributed by atoms with Crippen molar-refractivity contribution < 1.29 is 4.79 Å². The van der Waals surface area contributed by atoms with Crippen LogP contribution in [0.3, 0.4) is 0 Å². The van der Waals surface area contributed by atoms with Gasteiger partial charge in [-0.15, -0.1) is 0 Å². The highest BCUT2D eigenvalue weighted by molar-refractivity contribution is 5.94. The third-order valence-electron chi connectivity index (χ3n) is 6.90. The van der Waals surface area contributed by atoms with Crippen LogP contribution in [0.1, 0.15) is 73.7 Å². The number of amides is 1. The Bertz CT molecular complexity index is 997. The van der Waals surface area contributed by atoms with E-state index in [1.807, 2.05) is 30.7 Å². The lowest BCUT2D eigenvalue weighted by atomic mass is 9.92. The van der Waals surface area contributed by atoms with E-state index in [4.69, 9.17) is 0 Å². The van der Waals surface area contributed by atoms with Crippen molar-refractivity contribution in [3.63, 3.8) is 0 Å². The molecule has 0 unspecified atom stereocenters. The molecule has 0 spiro atoms. The topological polar surface area (TPSA) is 51.0 Å². The van der Waals surface area contributed by atoms with E-state index >= 15 is 0 Å². The number of pyridine rings is 1. The van der Waals surface area contributed by atoms with Crippen molar-refractivity contribution in [3.05, 3.63) is 60.2 Å². The first-order valence-electron chi connectivity index (χ1n) is 11.5. The molecule has 2 aliphatic rings. The molecule has 2 aliphatic carbocycles. The average molecular weight is 403 g/mol. The highest BCUT2D eigenvalue weighted by atomic mass is 16.2. The van der Waals surface area contributed by atoms with E-state index in [1.54, 1.807) is 6.20 Å². The van der Waals surface area contributed by atoms with Crippen molar-refractivity contribution in [2.45, 2.75) is 76.4 Å². The van der Waals surface area contributed by atoms with Gasteiger partial charge in [0.1, 0.15) is 0 Å². The molecule has 0 N–H and O–H groups in total. The Morgan fingerprint density at radius 2 is 1.60 bits per heavy atom. The summed E-state index contributed by atoms with van der Waals surface area (Å²) in [6.07, 6.45) is 16.5. The molecule has 5 heteroatoms. The molecule has 1 aromatic carbocycles. The molecular weight excluding hydrogens is 372 g/mol. The van der Waals surface area contributed by atoms with Gasteiger partial charge in [-0.05, 0) is 49.4 Å². The third-order valence-corrected chi connectivity index (χ3v) is 6.90. The van der Waals surface area contributed by atoms with Gasteiger partial charge in [-0.25, -0.2) is 4.98 Å². The second-order valence-corrected chi connectivity index (χ2v) is 8.88. The normalized spacial score (nSPS) is 18.1. The summed E-state index contributed by atoms with van der Waals surface area (Å²) >= 11 is 0. The Morgan fingerprint density at radius 3 is 2.30 bits per heavy atom. The average Bonchev–Trinajstić information content (AvgIpc) is 3.46. The lowest BCUT2D eigenvalue weighted by molar-refractivity contribution is 0.0518. The van der Waals surface area contributed by atoms with E-state index in [1.165, 1.54) is 63.4 Å². The molecule has 0 radical (unpaired) electrons. The maximum absolute atomic E-state index is 13.5. The number of nitrogens with zero attached hydrogens (tertiary/aromatic N) is 4. The predicted molar refractivity (Wildman–Crippen MR) is 118 cm³/mol. The molecular formula is C25H30N4O. The van der Waals surface area contributed by atoms with E-state index in [-0.39, 0.29) is 5.91 Å². The molecule has 2 aromatic heterocycles. The summed E-state index contributed by atoms with van der Waals surface area (Å²) in [5.74, 6) is 0.234. The van der Waals surface area contributed by atoms with Crippen LogP contribution in [-0.2, 0) is 6.54 Å². The van der Waals surface area contributed by atoms with E-state index in [2.05, 4.69) is 31.6 Å². The standard InChI is InChI=1S/C25H30N4O/c30-25(29(22-8-4-5-9-22)21-6-2-1-3-7-21)20-12-10-19(11-13-20)17-28-18-27-23-14-15-26-16-24(23)28/h10-16,18,21-22H,1-9,17H2. The maximum atomic E-state index is 13.5. The van der Waals surface area contributed by atoms with Crippen LogP contribution in [-0.4, -0.2) is 37.4 Å². The molecule has 30 heavy (non-hydrogen) atoms. The summed E-state index contributed by atoms with van der Waals surface area (Å²) in [4.78, 5) is 24.5. The van der Waals surface area contributed by atoms with Crippen molar-refractivity contribution >= 4 is 16.9 Å². The summed E-state index contributed by atoms with van der Waals surface area (Å²) in [6.45, 7) is 0.728. The zero-order valence-electron chi connectivity index (χ0n) is 17.5. The van der Waals surface area contributed by atoms with Crippen LogP contribution in [0.5, 0.6) is 0 Å². The van der Waals surface area contributed by atoms with Gasteiger partial charge in [0.2, 0.25) is 0 Å². The number of hydrogen-bond donors (Lipinski definition) is 0. The first kappa shape index (κ1) is 19.3. The van der Waals surface area contributed by atoms with Gasteiger partial charge >= 0.3 is 0 Å². The Hall–Kier alpha value is -2.69. The minimum Gasteiger partial charge on any atom is -0.333 e. The summed E-state index contributed by atoms with van der Waals surface area (Å²) < 4.78 is 2.10. The van der Waals surface area contributed by atoms with Crippen molar-refractivity contribution in [2.24, 2.45) is 0 Å². The second-order valence-electron chi connectivity index (χ2n) is 8.88. The van der Waals surface area contributed by atoms with Crippen molar-refractivity contribution in [2.75, 3.05) is 0 Å². The molecule has 2 saturated carbocycles. The lowest BCUT2D eigenvalue weighted by Gasteiger charge is -2.39. The lowest BCUT2D eigenvalue weighted by Crippen LogP contribution is -2.47. The monoisotopic (exact) mass is 402 g/mol. The maximum Gasteiger partial charge on any atom is 0.254 e. The fraction of sp³-hybridized carbons (Fsp3) is 0.480. The third kappa shape index (κ3) is 3.85. The Morgan fingerprint density at radius 1 is 0.933 bits per heavy atom. The largest absolute Gasteiger partial charge is 0.333 e. The van der Waals surface area contributed by atoms with E-state index in [0.717, 1.165) is 23.1 Å². The fourth-order valence-electron chi connectivity index (χ4n) is 5.30. The van der Waals surface area contributed by atoms with Gasteiger partial charge in [0.25, 0.3) is 5.91 Å². The van der Waals surface area contributed by atoms with E-state index < -0.39 is 0 Å². The minimum atomic E-state index is 0.234. The number of imidazole rings is 1. The number of carbonyl (C=O) groups is 1. The fourth-order valence-corrected chi connectivity index (χ4v) is 5.30. The number of carbonyl (C=O) groups excluding carboxylic acids is 1. The Balaban J connectivity index is 1.34. The van der Waals surface area contributed by atoms with Crippen LogP contribution < -0.4 is 0 Å². The molecule has 0 saturated heterocycles. The Labute approximate surface area is 178 Å². The van der Waals surface area contributed by atoms with Gasteiger partial charge < -0.3 is 9.47 Å². The molecule has 0 atom stereocenters. The van der Waals surface area contributed by atoms with E-state index in [9.17, 15) is 4.79 Å². The quantitative estimate of drug-likeness (QED) is 0.590. The number of aromatic nitrogens is 3. The predicted octanol–water partition coefficient (Wildman–Crippen LogP) is 5.20. The molecule has 156 valence electrons. The molecule has 0 aliphatic heterocycles. The van der Waals surface area contributed by atoms with Crippen LogP contribution in [0.15, 0.2) is 49.1 Å². The van der Waals surface area contributed by atoms with Crippen LogP contribution in [0.2, 0.25) is 0 Å². The smallest absolute Gasteiger partial charge is 0.254 e. The van der Waals surface area contributed by atoms with Crippen LogP contribution in [0, 0.1) is 0 Å². The van der Waals surface area contributed by atoms with Gasteiger partial charge in [0, 0.05) is 30.4 Å². The number of fused-ring (bicyclic) bond motifs is 1. The van der Waals surface area contributed by atoms with Gasteiger partial charge in [0.15, 0.2) is 0 Å². The summed E-state index contributed by atoms with van der Waals surface area (Å²) in [5, 5.41) is 0. The van der Waals surface area contributed by atoms with Gasteiger partial charge in [-0.3, -0.25) is 9.78 Å². The highest BCUT2D eigenvalue weighted by Crippen LogP contribution is 2.32. The first-order valence-corrected chi connectivity index (χ1v) is 11.5. The van der Waals surface area contributed by atoms with Crippen LogP contribution in [0.25, 0.3) is 11.0 Å². The second kappa shape index (κ2) is 8.58.